The predicted molar refractivity (Wildman–Crippen MR) is 112 cm³/mol. The Kier molecular flexibility index (Phi) is 6.36. The van der Waals surface area contributed by atoms with Gasteiger partial charge in [0.25, 0.3) is 0 Å². The number of hydrogen-bond acceptors (Lipinski definition) is 3. The molecule has 146 valence electrons. The molecule has 2 unspecified atom stereocenters. The number of amides is 2. The second kappa shape index (κ2) is 8.93. The molecule has 0 saturated carbocycles. The van der Waals surface area contributed by atoms with Crippen LogP contribution in [-0.4, -0.2) is 22.7 Å². The van der Waals surface area contributed by atoms with Crippen molar-refractivity contribution < 1.29 is 9.53 Å². The van der Waals surface area contributed by atoms with Gasteiger partial charge in [-0.05, 0) is 42.3 Å². The maximum absolute atomic E-state index is 12.7. The van der Waals surface area contributed by atoms with Crippen molar-refractivity contribution in [3.63, 3.8) is 0 Å². The van der Waals surface area contributed by atoms with E-state index in [2.05, 4.69) is 31.5 Å². The second-order valence-corrected chi connectivity index (χ2v) is 7.41. The molecule has 2 amide bonds. The first-order chi connectivity index (χ1) is 13.5. The van der Waals surface area contributed by atoms with Crippen LogP contribution in [0, 0.1) is 0 Å². The van der Waals surface area contributed by atoms with Crippen molar-refractivity contribution in [3.05, 3.63) is 82.3 Å². The van der Waals surface area contributed by atoms with Crippen molar-refractivity contribution in [2.75, 3.05) is 7.11 Å². The molecule has 7 heteroatoms. The topological polar surface area (TPSA) is 68.2 Å². The number of nitrogens with one attached hydrogen (secondary N) is 2. The van der Waals surface area contributed by atoms with Gasteiger partial charge >= 0.3 is 6.03 Å². The normalized spacial score (nSPS) is 12.9. The zero-order chi connectivity index (χ0) is 20.1. The van der Waals surface area contributed by atoms with Crippen LogP contribution in [0.4, 0.5) is 4.79 Å². The lowest BCUT2D eigenvalue weighted by Crippen LogP contribution is -2.40. The van der Waals surface area contributed by atoms with E-state index in [1.54, 1.807) is 13.3 Å². The minimum Gasteiger partial charge on any atom is -0.497 e. The molecule has 0 bridgehead atoms. The van der Waals surface area contributed by atoms with Gasteiger partial charge in [-0.25, -0.2) is 9.78 Å². The first kappa shape index (κ1) is 19.9. The van der Waals surface area contributed by atoms with Gasteiger partial charge in [0.2, 0.25) is 0 Å². The second-order valence-electron chi connectivity index (χ2n) is 6.49. The summed E-state index contributed by atoms with van der Waals surface area (Å²) in [6, 6.07) is 14.7. The van der Waals surface area contributed by atoms with E-state index in [1.807, 2.05) is 73.3 Å². The SMILES string of the molecule is COc1ccc(C(NC(=O)NC(C)c2ccc(Br)cc2)c2nccn2C)cc1. The van der Waals surface area contributed by atoms with E-state index in [0.29, 0.717) is 0 Å². The van der Waals surface area contributed by atoms with Crippen molar-refractivity contribution in [1.29, 1.82) is 0 Å². The molecule has 2 atom stereocenters. The quantitative estimate of drug-likeness (QED) is 0.596. The lowest BCUT2D eigenvalue weighted by molar-refractivity contribution is 0.235. The van der Waals surface area contributed by atoms with Crippen molar-refractivity contribution >= 4 is 22.0 Å². The number of benzene rings is 2. The third-order valence-electron chi connectivity index (χ3n) is 4.56. The largest absolute Gasteiger partial charge is 0.497 e. The summed E-state index contributed by atoms with van der Waals surface area (Å²) in [6.07, 6.45) is 3.58. The highest BCUT2D eigenvalue weighted by Crippen LogP contribution is 2.23. The number of nitrogens with zero attached hydrogens (tertiary/aromatic N) is 2. The average Bonchev–Trinajstić information content (AvgIpc) is 3.12. The van der Waals surface area contributed by atoms with E-state index in [1.165, 1.54) is 0 Å². The van der Waals surface area contributed by atoms with Crippen LogP contribution in [0.2, 0.25) is 0 Å². The van der Waals surface area contributed by atoms with Crippen molar-refractivity contribution in [1.82, 2.24) is 20.2 Å². The fourth-order valence-corrected chi connectivity index (χ4v) is 3.22. The van der Waals surface area contributed by atoms with E-state index < -0.39 is 0 Å². The van der Waals surface area contributed by atoms with Gasteiger partial charge < -0.3 is 19.9 Å². The van der Waals surface area contributed by atoms with Crippen molar-refractivity contribution in [2.45, 2.75) is 19.0 Å². The van der Waals surface area contributed by atoms with Gasteiger partial charge in [0.05, 0.1) is 13.2 Å². The molecule has 3 aromatic rings. The number of carbonyl (C=O) groups excluding carboxylic acids is 1. The van der Waals surface area contributed by atoms with Crippen LogP contribution < -0.4 is 15.4 Å². The summed E-state index contributed by atoms with van der Waals surface area (Å²) in [5, 5.41) is 6.04. The van der Waals surface area contributed by atoms with Crippen LogP contribution in [-0.2, 0) is 7.05 Å². The van der Waals surface area contributed by atoms with Crippen LogP contribution in [0.5, 0.6) is 5.75 Å². The van der Waals surface area contributed by atoms with E-state index >= 15 is 0 Å². The Labute approximate surface area is 173 Å². The molecule has 2 N–H and O–H groups in total. The molecule has 3 rings (SSSR count). The van der Waals surface area contributed by atoms with Gasteiger partial charge in [0, 0.05) is 23.9 Å². The third-order valence-corrected chi connectivity index (χ3v) is 5.09. The molecule has 2 aromatic carbocycles. The monoisotopic (exact) mass is 442 g/mol. The lowest BCUT2D eigenvalue weighted by Gasteiger charge is -2.22. The third kappa shape index (κ3) is 4.72. The minimum absolute atomic E-state index is 0.133. The minimum atomic E-state index is -0.386. The van der Waals surface area contributed by atoms with E-state index in [9.17, 15) is 4.79 Å². The van der Waals surface area contributed by atoms with E-state index in [-0.39, 0.29) is 18.1 Å². The van der Waals surface area contributed by atoms with Gasteiger partial charge in [-0.15, -0.1) is 0 Å². The maximum atomic E-state index is 12.7. The van der Waals surface area contributed by atoms with Crippen LogP contribution in [0.1, 0.15) is 36.0 Å². The fourth-order valence-electron chi connectivity index (χ4n) is 2.95. The zero-order valence-corrected chi connectivity index (χ0v) is 17.6. The molecule has 1 heterocycles. The molecule has 0 aliphatic rings. The summed E-state index contributed by atoms with van der Waals surface area (Å²) in [4.78, 5) is 17.1. The standard InChI is InChI=1S/C21H23BrN4O2/c1-14(15-4-8-17(22)9-5-15)24-21(27)25-19(20-23-12-13-26(20)2)16-6-10-18(28-3)11-7-16/h4-14,19H,1-3H3,(H2,24,25,27). The number of urea groups is 1. The fraction of sp³-hybridized carbons (Fsp3) is 0.238. The molecule has 0 aliphatic heterocycles. The summed E-state index contributed by atoms with van der Waals surface area (Å²) in [7, 11) is 3.53. The molecule has 0 spiro atoms. The number of halogens is 1. The van der Waals surface area contributed by atoms with Crippen LogP contribution in [0.25, 0.3) is 0 Å². The zero-order valence-electron chi connectivity index (χ0n) is 16.0. The van der Waals surface area contributed by atoms with E-state index in [0.717, 1.165) is 27.2 Å². The summed E-state index contributed by atoms with van der Waals surface area (Å²) in [5.74, 6) is 1.51. The molecule has 0 fully saturated rings. The Morgan fingerprint density at radius 1 is 1.07 bits per heavy atom. The molecule has 0 radical (unpaired) electrons. The number of ether oxygens (including phenoxy) is 1. The number of carbonyl (C=O) groups is 1. The Bertz CT molecular complexity index is 922. The molecule has 1 aromatic heterocycles. The predicted octanol–water partition coefficient (Wildman–Crippen LogP) is 4.34. The summed E-state index contributed by atoms with van der Waals surface area (Å²) in [6.45, 7) is 1.95. The van der Waals surface area contributed by atoms with Crippen molar-refractivity contribution in [3.8, 4) is 5.75 Å². The molecule has 0 aliphatic carbocycles. The number of aromatic nitrogens is 2. The van der Waals surface area contributed by atoms with Gasteiger partial charge in [-0.3, -0.25) is 0 Å². The first-order valence-electron chi connectivity index (χ1n) is 8.91. The molecule has 28 heavy (non-hydrogen) atoms. The van der Waals surface area contributed by atoms with Gasteiger partial charge in [-0.1, -0.05) is 40.2 Å². The van der Waals surface area contributed by atoms with Gasteiger partial charge in [-0.2, -0.15) is 0 Å². The first-order valence-corrected chi connectivity index (χ1v) is 9.71. The van der Waals surface area contributed by atoms with Gasteiger partial charge in [0.15, 0.2) is 0 Å². The number of imidazole rings is 1. The Hall–Kier alpha value is -2.80. The summed E-state index contributed by atoms with van der Waals surface area (Å²) >= 11 is 3.43. The number of rotatable bonds is 6. The highest BCUT2D eigenvalue weighted by molar-refractivity contribution is 9.10. The van der Waals surface area contributed by atoms with Gasteiger partial charge in [0.1, 0.15) is 17.6 Å². The molecule has 6 nitrogen and oxygen atoms in total. The van der Waals surface area contributed by atoms with Crippen LogP contribution in [0.3, 0.4) is 0 Å². The van der Waals surface area contributed by atoms with Crippen molar-refractivity contribution in [2.24, 2.45) is 7.05 Å². The lowest BCUT2D eigenvalue weighted by atomic mass is 10.1. The molecule has 0 saturated heterocycles. The van der Waals surface area contributed by atoms with Crippen LogP contribution >= 0.6 is 15.9 Å². The molecular formula is C21H23BrN4O2. The number of methoxy groups -OCH3 is 1. The maximum Gasteiger partial charge on any atom is 0.316 e. The Balaban J connectivity index is 1.77. The smallest absolute Gasteiger partial charge is 0.316 e. The van der Waals surface area contributed by atoms with Crippen LogP contribution in [0.15, 0.2) is 65.4 Å². The summed E-state index contributed by atoms with van der Waals surface area (Å²) in [5.41, 5.74) is 1.94. The summed E-state index contributed by atoms with van der Waals surface area (Å²) < 4.78 is 8.13. The number of hydrogen-bond donors (Lipinski definition) is 2. The highest BCUT2D eigenvalue weighted by Gasteiger charge is 2.21. The highest BCUT2D eigenvalue weighted by atomic mass is 79.9. The Morgan fingerprint density at radius 3 is 2.29 bits per heavy atom. The number of aryl methyl sites for hydroxylation is 1. The average molecular weight is 443 g/mol. The Morgan fingerprint density at radius 2 is 1.71 bits per heavy atom. The van der Waals surface area contributed by atoms with E-state index in [4.69, 9.17) is 4.74 Å². The molecular weight excluding hydrogens is 420 g/mol.